The number of tetrazole rings is 1. The van der Waals surface area contributed by atoms with Gasteiger partial charge in [-0.1, -0.05) is 17.2 Å². The highest BCUT2D eigenvalue weighted by molar-refractivity contribution is 5.98. The monoisotopic (exact) mass is 540 g/mol. The molecule has 0 aliphatic heterocycles. The highest BCUT2D eigenvalue weighted by atomic mass is 19.4. The summed E-state index contributed by atoms with van der Waals surface area (Å²) in [6.07, 6.45) is -3.82. The quantitative estimate of drug-likeness (QED) is 0.355. The lowest BCUT2D eigenvalue weighted by Gasteiger charge is -2.15. The number of aromatic nitrogens is 5. The Bertz CT molecular complexity index is 1650. The molecule has 39 heavy (non-hydrogen) atoms. The Morgan fingerprint density at radius 1 is 1.15 bits per heavy atom. The molecule has 0 saturated heterocycles. The molecule has 4 aromatic rings. The SMILES string of the molecule is N#Cc1ccc2c(c1)CC[C@@H]2NC(=O)c1cc(C(=O)NCc2ccc(F)c(OC(F)(F)F)c2)nc2nnnn12. The topological polar surface area (TPSA) is 147 Å². The molecule has 1 aliphatic carbocycles. The lowest BCUT2D eigenvalue weighted by atomic mass is 10.1. The van der Waals surface area contributed by atoms with Gasteiger partial charge in [-0.15, -0.1) is 13.2 Å². The van der Waals surface area contributed by atoms with Gasteiger partial charge in [-0.25, -0.2) is 9.37 Å². The van der Waals surface area contributed by atoms with E-state index < -0.39 is 29.7 Å². The average Bonchev–Trinajstić information content (AvgIpc) is 3.54. The Balaban J connectivity index is 1.33. The van der Waals surface area contributed by atoms with Crippen molar-refractivity contribution in [2.24, 2.45) is 0 Å². The van der Waals surface area contributed by atoms with Crippen LogP contribution in [0.3, 0.4) is 0 Å². The number of halogens is 4. The van der Waals surface area contributed by atoms with Crippen LogP contribution in [0, 0.1) is 17.1 Å². The Labute approximate surface area is 216 Å². The molecular formula is C24H16F4N8O3. The van der Waals surface area contributed by atoms with Crippen molar-refractivity contribution in [3.05, 3.63) is 81.9 Å². The lowest BCUT2D eigenvalue weighted by Crippen LogP contribution is -2.30. The number of nitrogens with zero attached hydrogens (tertiary/aromatic N) is 6. The van der Waals surface area contributed by atoms with E-state index in [1.807, 2.05) is 0 Å². The second-order valence-electron chi connectivity index (χ2n) is 8.50. The molecule has 11 nitrogen and oxygen atoms in total. The summed E-state index contributed by atoms with van der Waals surface area (Å²) in [5.41, 5.74) is 2.14. The fraction of sp³-hybridized carbons (Fsp3) is 0.208. The van der Waals surface area contributed by atoms with Crippen molar-refractivity contribution in [2.75, 3.05) is 0 Å². The third-order valence-electron chi connectivity index (χ3n) is 5.97. The maximum Gasteiger partial charge on any atom is 0.573 e. The second kappa shape index (κ2) is 9.97. The molecule has 15 heteroatoms. The van der Waals surface area contributed by atoms with Gasteiger partial charge in [-0.05, 0) is 64.2 Å². The normalized spacial score (nSPS) is 14.5. The van der Waals surface area contributed by atoms with Crippen molar-refractivity contribution >= 4 is 17.6 Å². The number of ether oxygens (including phenoxy) is 1. The third kappa shape index (κ3) is 5.44. The van der Waals surface area contributed by atoms with Gasteiger partial charge in [0.1, 0.15) is 11.4 Å². The van der Waals surface area contributed by atoms with Crippen LogP contribution in [0.15, 0.2) is 42.5 Å². The summed E-state index contributed by atoms with van der Waals surface area (Å²) in [6.45, 7) is -0.295. The summed E-state index contributed by atoms with van der Waals surface area (Å²) in [4.78, 5) is 30.0. The molecule has 198 valence electrons. The van der Waals surface area contributed by atoms with Crippen LogP contribution in [0.1, 0.15) is 55.7 Å². The summed E-state index contributed by atoms with van der Waals surface area (Å²) in [5.74, 6) is -3.77. The smallest absolute Gasteiger partial charge is 0.403 e. The maximum absolute atomic E-state index is 13.7. The zero-order valence-corrected chi connectivity index (χ0v) is 19.7. The van der Waals surface area contributed by atoms with E-state index in [0.717, 1.165) is 27.8 Å². The van der Waals surface area contributed by atoms with Crippen LogP contribution in [0.25, 0.3) is 5.78 Å². The molecule has 2 aromatic carbocycles. The predicted molar refractivity (Wildman–Crippen MR) is 123 cm³/mol. The van der Waals surface area contributed by atoms with Crippen LogP contribution < -0.4 is 15.4 Å². The molecule has 2 heterocycles. The van der Waals surface area contributed by atoms with Gasteiger partial charge in [-0.3, -0.25) is 9.59 Å². The number of hydrogen-bond acceptors (Lipinski definition) is 8. The van der Waals surface area contributed by atoms with E-state index in [0.29, 0.717) is 18.4 Å². The molecule has 2 N–H and O–H groups in total. The van der Waals surface area contributed by atoms with Gasteiger partial charge in [0.25, 0.3) is 17.6 Å². The zero-order valence-electron chi connectivity index (χ0n) is 19.7. The Morgan fingerprint density at radius 3 is 2.74 bits per heavy atom. The standard InChI is InChI=1S/C24H16F4N8O3/c25-16-5-2-13(8-20(16)39-24(26,27)28)11-30-21(37)18-9-19(36-23(32-18)33-34-35-36)22(38)31-17-6-3-14-7-12(10-29)1-4-15(14)17/h1-2,4-5,7-9,17H,3,6,11H2,(H,30,37)(H,31,38)/t17-/m0/s1. The van der Waals surface area contributed by atoms with Crippen LogP contribution in [0.2, 0.25) is 0 Å². The first kappa shape index (κ1) is 25.5. The maximum atomic E-state index is 13.7. The van der Waals surface area contributed by atoms with Gasteiger partial charge < -0.3 is 15.4 Å². The number of rotatable bonds is 6. The van der Waals surface area contributed by atoms with E-state index in [-0.39, 0.29) is 35.3 Å². The van der Waals surface area contributed by atoms with Gasteiger partial charge in [0.2, 0.25) is 0 Å². The summed E-state index contributed by atoms with van der Waals surface area (Å²) in [6, 6.07) is 10.9. The molecular weight excluding hydrogens is 524 g/mol. The van der Waals surface area contributed by atoms with Gasteiger partial charge in [0.05, 0.1) is 17.7 Å². The molecule has 0 spiro atoms. The number of carbonyl (C=O) groups is 2. The van der Waals surface area contributed by atoms with E-state index in [4.69, 9.17) is 5.26 Å². The van der Waals surface area contributed by atoms with Crippen LogP contribution in [0.5, 0.6) is 5.75 Å². The van der Waals surface area contributed by atoms with Crippen LogP contribution in [-0.4, -0.2) is 43.2 Å². The molecule has 0 bridgehead atoms. The van der Waals surface area contributed by atoms with Gasteiger partial charge in [-0.2, -0.15) is 9.78 Å². The predicted octanol–water partition coefficient (Wildman–Crippen LogP) is 2.78. The van der Waals surface area contributed by atoms with E-state index in [2.05, 4.69) is 41.9 Å². The second-order valence-corrected chi connectivity index (χ2v) is 8.50. The van der Waals surface area contributed by atoms with Crippen LogP contribution in [0.4, 0.5) is 17.6 Å². The number of benzene rings is 2. The zero-order chi connectivity index (χ0) is 27.7. The van der Waals surface area contributed by atoms with E-state index in [9.17, 15) is 27.2 Å². The summed E-state index contributed by atoms with van der Waals surface area (Å²) < 4.78 is 55.9. The molecule has 1 aliphatic rings. The van der Waals surface area contributed by atoms with Gasteiger partial charge >= 0.3 is 6.36 Å². The molecule has 0 fully saturated rings. The van der Waals surface area contributed by atoms with Gasteiger partial charge in [0.15, 0.2) is 11.6 Å². The number of aryl methyl sites for hydroxylation is 1. The largest absolute Gasteiger partial charge is 0.573 e. The highest BCUT2D eigenvalue weighted by Crippen LogP contribution is 2.32. The Hall–Kier alpha value is -5.13. The summed E-state index contributed by atoms with van der Waals surface area (Å²) in [5, 5.41) is 25.4. The third-order valence-corrected chi connectivity index (χ3v) is 5.97. The number of nitrogens with one attached hydrogen (secondary N) is 2. The molecule has 5 rings (SSSR count). The first-order chi connectivity index (χ1) is 18.6. The molecule has 1 atom stereocenters. The minimum Gasteiger partial charge on any atom is -0.403 e. The Kier molecular flexibility index (Phi) is 6.52. The highest BCUT2D eigenvalue weighted by Gasteiger charge is 2.32. The number of hydrogen-bond donors (Lipinski definition) is 2. The van der Waals surface area contributed by atoms with Crippen LogP contribution >= 0.6 is 0 Å². The van der Waals surface area contributed by atoms with E-state index >= 15 is 0 Å². The number of alkyl halides is 3. The molecule has 2 aromatic heterocycles. The summed E-state index contributed by atoms with van der Waals surface area (Å²) >= 11 is 0. The molecule has 0 saturated carbocycles. The molecule has 2 amide bonds. The van der Waals surface area contributed by atoms with Crippen molar-refractivity contribution in [2.45, 2.75) is 31.8 Å². The van der Waals surface area contributed by atoms with Crippen molar-refractivity contribution in [3.63, 3.8) is 0 Å². The first-order valence-corrected chi connectivity index (χ1v) is 11.4. The number of fused-ring (bicyclic) bond motifs is 2. The molecule has 0 unspecified atom stereocenters. The van der Waals surface area contributed by atoms with Crippen molar-refractivity contribution in [1.82, 2.24) is 35.7 Å². The lowest BCUT2D eigenvalue weighted by molar-refractivity contribution is -0.275. The van der Waals surface area contributed by atoms with E-state index in [1.165, 1.54) is 12.1 Å². The number of amides is 2. The fourth-order valence-electron chi connectivity index (χ4n) is 4.22. The van der Waals surface area contributed by atoms with Crippen molar-refractivity contribution in [3.8, 4) is 11.8 Å². The minimum atomic E-state index is -5.09. The van der Waals surface area contributed by atoms with Crippen molar-refractivity contribution in [1.29, 1.82) is 5.26 Å². The van der Waals surface area contributed by atoms with Gasteiger partial charge in [0, 0.05) is 12.6 Å². The fourth-order valence-corrected chi connectivity index (χ4v) is 4.22. The molecule has 0 radical (unpaired) electrons. The van der Waals surface area contributed by atoms with Crippen molar-refractivity contribution < 1.29 is 31.9 Å². The Morgan fingerprint density at radius 2 is 1.97 bits per heavy atom. The first-order valence-electron chi connectivity index (χ1n) is 11.4. The van der Waals surface area contributed by atoms with E-state index in [1.54, 1.807) is 18.2 Å². The number of nitriles is 1. The minimum absolute atomic E-state index is 0.0834. The summed E-state index contributed by atoms with van der Waals surface area (Å²) in [7, 11) is 0. The average molecular weight is 540 g/mol. The van der Waals surface area contributed by atoms with Crippen LogP contribution in [-0.2, 0) is 13.0 Å². The number of carbonyl (C=O) groups excluding carboxylic acids is 2.